The van der Waals surface area contributed by atoms with Gasteiger partial charge in [-0.15, -0.1) is 10.2 Å². The number of β-amino-alcohol motifs (C(OH)–C–C–N with tert-alkyl or cyclic N) is 1. The van der Waals surface area contributed by atoms with E-state index in [0.29, 0.717) is 13.1 Å². The van der Waals surface area contributed by atoms with Crippen LogP contribution in [-0.4, -0.2) is 101 Å². The molecule has 9 heteroatoms. The first-order valence-electron chi connectivity index (χ1n) is 11.2. The van der Waals surface area contributed by atoms with Crippen LogP contribution in [0.15, 0.2) is 48.8 Å². The fourth-order valence-corrected chi connectivity index (χ4v) is 4.49. The number of fused-ring (bicyclic) bond motifs is 1. The second kappa shape index (κ2) is 9.13. The minimum Gasteiger partial charge on any atom is -0.395 e. The quantitative estimate of drug-likeness (QED) is 0.635. The summed E-state index contributed by atoms with van der Waals surface area (Å²) in [7, 11) is 0. The van der Waals surface area contributed by atoms with E-state index < -0.39 is 0 Å². The molecule has 32 heavy (non-hydrogen) atoms. The molecule has 3 aromatic heterocycles. The number of amides is 1. The fourth-order valence-electron chi connectivity index (χ4n) is 4.49. The number of carbonyl (C=O) groups excluding carboxylic acids is 1. The Labute approximate surface area is 187 Å². The number of anilines is 2. The summed E-state index contributed by atoms with van der Waals surface area (Å²) in [6.45, 7) is 7.40. The first kappa shape index (κ1) is 20.7. The first-order valence-corrected chi connectivity index (χ1v) is 11.2. The zero-order valence-corrected chi connectivity index (χ0v) is 18.2. The van der Waals surface area contributed by atoms with Gasteiger partial charge < -0.3 is 24.2 Å². The molecule has 0 aliphatic carbocycles. The number of aliphatic hydroxyl groups is 1. The molecule has 0 aromatic carbocycles. The summed E-state index contributed by atoms with van der Waals surface area (Å²) in [5, 5.41) is 18.0. The Morgan fingerprint density at radius 1 is 0.875 bits per heavy atom. The number of hydrogen-bond acceptors (Lipinski definition) is 7. The SMILES string of the molecule is O=C(c1cc2ccccn2c1)N1CCN(c2ccc(N3CCN(CCO)CC3)nn2)CC1. The Kier molecular flexibility index (Phi) is 5.91. The largest absolute Gasteiger partial charge is 0.395 e. The van der Waals surface area contributed by atoms with E-state index in [0.717, 1.165) is 68.5 Å². The number of aromatic nitrogens is 3. The smallest absolute Gasteiger partial charge is 0.255 e. The van der Waals surface area contributed by atoms with E-state index >= 15 is 0 Å². The highest BCUT2D eigenvalue weighted by Gasteiger charge is 2.24. The predicted molar refractivity (Wildman–Crippen MR) is 123 cm³/mol. The molecule has 2 saturated heterocycles. The molecule has 168 valence electrons. The molecule has 1 N–H and O–H groups in total. The molecule has 5 heterocycles. The Balaban J connectivity index is 1.16. The summed E-state index contributed by atoms with van der Waals surface area (Å²) in [6, 6.07) is 12.0. The summed E-state index contributed by atoms with van der Waals surface area (Å²) in [6.07, 6.45) is 3.86. The van der Waals surface area contributed by atoms with Crippen LogP contribution in [0.3, 0.4) is 0 Å². The minimum atomic E-state index is 0.0788. The lowest BCUT2D eigenvalue weighted by Crippen LogP contribution is -2.49. The van der Waals surface area contributed by atoms with Crippen molar-refractivity contribution in [2.45, 2.75) is 0 Å². The number of hydrogen-bond donors (Lipinski definition) is 1. The molecule has 2 fully saturated rings. The van der Waals surface area contributed by atoms with Crippen LogP contribution in [0.1, 0.15) is 10.4 Å². The van der Waals surface area contributed by atoms with Crippen LogP contribution < -0.4 is 9.80 Å². The van der Waals surface area contributed by atoms with Crippen LogP contribution in [0, 0.1) is 0 Å². The van der Waals surface area contributed by atoms with Crippen molar-refractivity contribution in [3.63, 3.8) is 0 Å². The van der Waals surface area contributed by atoms with Gasteiger partial charge in [-0.1, -0.05) is 6.07 Å². The van der Waals surface area contributed by atoms with Gasteiger partial charge in [0, 0.05) is 76.8 Å². The van der Waals surface area contributed by atoms with Crippen molar-refractivity contribution in [1.29, 1.82) is 0 Å². The Morgan fingerprint density at radius 2 is 1.53 bits per heavy atom. The van der Waals surface area contributed by atoms with Gasteiger partial charge in [-0.3, -0.25) is 9.69 Å². The van der Waals surface area contributed by atoms with Crippen molar-refractivity contribution in [3.8, 4) is 0 Å². The Bertz CT molecular complexity index is 1020. The molecule has 3 aromatic rings. The molecule has 5 rings (SSSR count). The third-order valence-corrected chi connectivity index (χ3v) is 6.39. The number of pyridine rings is 1. The van der Waals surface area contributed by atoms with Gasteiger partial charge >= 0.3 is 0 Å². The van der Waals surface area contributed by atoms with Crippen molar-refractivity contribution in [2.24, 2.45) is 0 Å². The van der Waals surface area contributed by atoms with E-state index in [4.69, 9.17) is 5.11 Å². The highest BCUT2D eigenvalue weighted by molar-refractivity contribution is 5.95. The number of aliphatic hydroxyl groups excluding tert-OH is 1. The zero-order valence-electron chi connectivity index (χ0n) is 18.2. The normalized spacial score (nSPS) is 17.8. The molecule has 2 aliphatic rings. The van der Waals surface area contributed by atoms with Crippen LogP contribution in [0.2, 0.25) is 0 Å². The van der Waals surface area contributed by atoms with E-state index in [2.05, 4.69) is 24.9 Å². The molecule has 9 nitrogen and oxygen atoms in total. The van der Waals surface area contributed by atoms with Gasteiger partial charge in [-0.2, -0.15) is 0 Å². The van der Waals surface area contributed by atoms with E-state index in [1.54, 1.807) is 0 Å². The molecule has 2 aliphatic heterocycles. The molecular formula is C23H29N7O2. The first-order chi connectivity index (χ1) is 15.7. The lowest BCUT2D eigenvalue weighted by atomic mass is 10.2. The summed E-state index contributed by atoms with van der Waals surface area (Å²) < 4.78 is 1.98. The number of piperazine rings is 2. The molecule has 1 amide bonds. The monoisotopic (exact) mass is 435 g/mol. The third-order valence-electron chi connectivity index (χ3n) is 6.39. The molecular weight excluding hydrogens is 406 g/mol. The van der Waals surface area contributed by atoms with Gasteiger partial charge in [0.1, 0.15) is 0 Å². The highest BCUT2D eigenvalue weighted by Crippen LogP contribution is 2.19. The number of carbonyl (C=O) groups is 1. The van der Waals surface area contributed by atoms with Gasteiger partial charge in [-0.05, 0) is 30.3 Å². The van der Waals surface area contributed by atoms with E-state index in [1.807, 2.05) is 58.1 Å². The fraction of sp³-hybridized carbons (Fsp3) is 0.435. The third kappa shape index (κ3) is 4.26. The molecule has 0 spiro atoms. The molecule has 0 unspecified atom stereocenters. The summed E-state index contributed by atoms with van der Waals surface area (Å²) in [4.78, 5) is 21.5. The zero-order chi connectivity index (χ0) is 21.9. The van der Waals surface area contributed by atoms with E-state index in [-0.39, 0.29) is 12.5 Å². The van der Waals surface area contributed by atoms with Crippen LogP contribution in [-0.2, 0) is 0 Å². The van der Waals surface area contributed by atoms with Crippen LogP contribution in [0.5, 0.6) is 0 Å². The van der Waals surface area contributed by atoms with Crippen molar-refractivity contribution in [3.05, 3.63) is 54.4 Å². The number of rotatable bonds is 5. The molecule has 0 radical (unpaired) electrons. The number of nitrogens with zero attached hydrogens (tertiary/aromatic N) is 7. The molecule has 0 atom stereocenters. The Hall–Kier alpha value is -3.17. The van der Waals surface area contributed by atoms with Crippen molar-refractivity contribution in [1.82, 2.24) is 24.4 Å². The van der Waals surface area contributed by atoms with Crippen LogP contribution in [0.4, 0.5) is 11.6 Å². The van der Waals surface area contributed by atoms with Gasteiger partial charge in [0.2, 0.25) is 0 Å². The minimum absolute atomic E-state index is 0.0788. The van der Waals surface area contributed by atoms with E-state index in [1.165, 1.54) is 0 Å². The average molecular weight is 436 g/mol. The second-order valence-corrected chi connectivity index (χ2v) is 8.34. The van der Waals surface area contributed by atoms with Gasteiger partial charge in [0.15, 0.2) is 11.6 Å². The predicted octanol–water partition coefficient (Wildman–Crippen LogP) is 0.806. The maximum atomic E-state index is 12.9. The van der Waals surface area contributed by atoms with Gasteiger partial charge in [-0.25, -0.2) is 0 Å². The lowest BCUT2D eigenvalue weighted by Gasteiger charge is -2.36. The maximum absolute atomic E-state index is 12.9. The highest BCUT2D eigenvalue weighted by atomic mass is 16.3. The second-order valence-electron chi connectivity index (χ2n) is 8.34. The summed E-state index contributed by atoms with van der Waals surface area (Å²) in [5.74, 6) is 1.83. The van der Waals surface area contributed by atoms with Crippen LogP contribution in [0.25, 0.3) is 5.52 Å². The summed E-state index contributed by atoms with van der Waals surface area (Å²) >= 11 is 0. The standard InChI is InChI=1S/C23H29N7O2/c31-16-15-26-7-9-27(10-8-26)21-4-5-22(25-24-21)28-11-13-29(14-12-28)23(32)19-17-20-3-1-2-6-30(20)18-19/h1-6,17-18,31H,7-16H2. The maximum Gasteiger partial charge on any atom is 0.255 e. The van der Waals surface area contributed by atoms with Gasteiger partial charge in [0.05, 0.1) is 12.2 Å². The molecule has 0 saturated carbocycles. The summed E-state index contributed by atoms with van der Waals surface area (Å²) in [5.41, 5.74) is 1.76. The van der Waals surface area contributed by atoms with E-state index in [9.17, 15) is 4.79 Å². The van der Waals surface area contributed by atoms with Gasteiger partial charge in [0.25, 0.3) is 5.91 Å². The van der Waals surface area contributed by atoms with Crippen molar-refractivity contribution in [2.75, 3.05) is 75.3 Å². The molecule has 0 bridgehead atoms. The Morgan fingerprint density at radius 3 is 2.12 bits per heavy atom. The van der Waals surface area contributed by atoms with Crippen molar-refractivity contribution < 1.29 is 9.90 Å². The average Bonchev–Trinajstić information content (AvgIpc) is 3.29. The topological polar surface area (TPSA) is 80.5 Å². The van der Waals surface area contributed by atoms with Crippen LogP contribution >= 0.6 is 0 Å². The lowest BCUT2D eigenvalue weighted by molar-refractivity contribution is 0.0746. The van der Waals surface area contributed by atoms with Crippen molar-refractivity contribution >= 4 is 23.1 Å².